The van der Waals surface area contributed by atoms with Gasteiger partial charge in [-0.1, -0.05) is 19.1 Å². The predicted octanol–water partition coefficient (Wildman–Crippen LogP) is 3.99. The van der Waals surface area contributed by atoms with Crippen LogP contribution in [-0.2, 0) is 16.4 Å². The molecule has 4 heterocycles. The van der Waals surface area contributed by atoms with Crippen molar-refractivity contribution in [2.45, 2.75) is 58.0 Å². The maximum atomic E-state index is 13.7. The van der Waals surface area contributed by atoms with Gasteiger partial charge in [0.1, 0.15) is 0 Å². The monoisotopic (exact) mass is 492 g/mol. The number of pyridine rings is 1. The zero-order chi connectivity index (χ0) is 24.3. The molecule has 182 valence electrons. The van der Waals surface area contributed by atoms with E-state index in [2.05, 4.69) is 22.3 Å². The highest BCUT2D eigenvalue weighted by molar-refractivity contribution is 7.91. The highest BCUT2D eigenvalue weighted by Crippen LogP contribution is 2.41. The maximum Gasteiger partial charge on any atom is 0.258 e. The Balaban J connectivity index is 1.45. The minimum atomic E-state index is -3.09. The number of hydrogen-bond acceptors (Lipinski definition) is 6. The fraction of sp³-hybridized carbons (Fsp3) is 0.440. The van der Waals surface area contributed by atoms with Gasteiger partial charge in [0.05, 0.1) is 45.2 Å². The molecule has 0 spiro atoms. The molecular formula is C25H28N6O3S. The molecule has 1 aromatic carbocycles. The zero-order valence-electron chi connectivity index (χ0n) is 19.9. The van der Waals surface area contributed by atoms with E-state index in [9.17, 15) is 13.2 Å². The van der Waals surface area contributed by atoms with E-state index in [1.165, 1.54) is 0 Å². The van der Waals surface area contributed by atoms with Gasteiger partial charge in [-0.05, 0) is 50.8 Å². The summed E-state index contributed by atoms with van der Waals surface area (Å²) in [5.41, 5.74) is 4.46. The fourth-order valence-corrected chi connectivity index (χ4v) is 6.80. The summed E-state index contributed by atoms with van der Waals surface area (Å²) in [4.78, 5) is 23.3. The van der Waals surface area contributed by atoms with E-state index >= 15 is 0 Å². The molecule has 3 aromatic heterocycles. The zero-order valence-corrected chi connectivity index (χ0v) is 20.7. The first-order valence-corrected chi connectivity index (χ1v) is 14.0. The number of para-hydroxylation sites is 2. The van der Waals surface area contributed by atoms with Crippen molar-refractivity contribution in [3.05, 3.63) is 47.3 Å². The number of amides is 1. The average Bonchev–Trinajstić information content (AvgIpc) is 3.44. The molecule has 6 rings (SSSR count). The Hall–Kier alpha value is -3.27. The number of rotatable bonds is 6. The van der Waals surface area contributed by atoms with Crippen LogP contribution < -0.4 is 5.32 Å². The van der Waals surface area contributed by atoms with Crippen molar-refractivity contribution < 1.29 is 13.2 Å². The maximum absolute atomic E-state index is 13.7. The van der Waals surface area contributed by atoms with Crippen LogP contribution in [0.3, 0.4) is 0 Å². The molecular weight excluding hydrogens is 464 g/mol. The Kier molecular flexibility index (Phi) is 5.17. The van der Waals surface area contributed by atoms with Crippen molar-refractivity contribution in [2.75, 3.05) is 16.8 Å². The molecule has 1 saturated carbocycles. The minimum absolute atomic E-state index is 0.0567. The van der Waals surface area contributed by atoms with Crippen LogP contribution >= 0.6 is 0 Å². The van der Waals surface area contributed by atoms with Crippen molar-refractivity contribution in [3.63, 3.8) is 0 Å². The summed E-state index contributed by atoms with van der Waals surface area (Å²) < 4.78 is 28.1. The van der Waals surface area contributed by atoms with Gasteiger partial charge in [0.25, 0.3) is 5.91 Å². The van der Waals surface area contributed by atoms with Crippen LogP contribution in [0.1, 0.15) is 66.3 Å². The topological polar surface area (TPSA) is 112 Å². The molecule has 2 aliphatic rings. The number of aryl methyl sites for hydroxylation is 2. The van der Waals surface area contributed by atoms with E-state index in [1.807, 2.05) is 41.8 Å². The van der Waals surface area contributed by atoms with Crippen molar-refractivity contribution in [1.82, 2.24) is 24.3 Å². The smallest absolute Gasteiger partial charge is 0.258 e. The van der Waals surface area contributed by atoms with Crippen molar-refractivity contribution in [3.8, 4) is 0 Å². The summed E-state index contributed by atoms with van der Waals surface area (Å²) in [6.07, 6.45) is 3.49. The van der Waals surface area contributed by atoms with E-state index in [0.717, 1.165) is 42.5 Å². The van der Waals surface area contributed by atoms with Crippen LogP contribution in [0.5, 0.6) is 0 Å². The van der Waals surface area contributed by atoms with E-state index < -0.39 is 9.84 Å². The van der Waals surface area contributed by atoms with Crippen LogP contribution in [0.15, 0.2) is 30.3 Å². The first-order valence-electron chi connectivity index (χ1n) is 12.2. The number of aromatic nitrogens is 5. The number of carbonyl (C=O) groups excluding carboxylic acids is 1. The average molecular weight is 493 g/mol. The SMILES string of the molecule is CCCn1c(NC(=O)c2cc(C3CC3)nc3c2c(C)nn3C2CCS(=O)(=O)C2)nc2ccccc21. The highest BCUT2D eigenvalue weighted by Gasteiger charge is 2.34. The number of nitrogens with one attached hydrogen (secondary N) is 1. The third-order valence-electron chi connectivity index (χ3n) is 6.98. The Bertz CT molecular complexity index is 1580. The Morgan fingerprint density at radius 1 is 1.17 bits per heavy atom. The molecule has 9 nitrogen and oxygen atoms in total. The standard InChI is InChI=1S/C25H28N6O3S/c1-3-11-30-21-7-5-4-6-19(21)27-25(30)28-24(32)18-13-20(16-8-9-16)26-23-22(18)15(2)29-31(23)17-10-12-35(33,34)14-17/h4-7,13,16-17H,3,8-12,14H2,1-2H3,(H,27,28,32). The second kappa shape index (κ2) is 8.15. The van der Waals surface area contributed by atoms with E-state index in [-0.39, 0.29) is 23.5 Å². The molecule has 1 saturated heterocycles. The second-order valence-corrected chi connectivity index (χ2v) is 11.9. The van der Waals surface area contributed by atoms with Gasteiger partial charge in [0, 0.05) is 18.2 Å². The third kappa shape index (κ3) is 3.89. The van der Waals surface area contributed by atoms with Crippen LogP contribution in [0, 0.1) is 6.92 Å². The molecule has 1 N–H and O–H groups in total. The molecule has 1 aliphatic heterocycles. The van der Waals surface area contributed by atoms with Crippen LogP contribution in [0.4, 0.5) is 5.95 Å². The quantitative estimate of drug-likeness (QED) is 0.436. The lowest BCUT2D eigenvalue weighted by atomic mass is 10.1. The third-order valence-corrected chi connectivity index (χ3v) is 8.73. The first kappa shape index (κ1) is 22.2. The molecule has 1 atom stereocenters. The van der Waals surface area contributed by atoms with Crippen molar-refractivity contribution in [1.29, 1.82) is 0 Å². The van der Waals surface area contributed by atoms with Gasteiger partial charge < -0.3 is 4.57 Å². The number of hydrogen-bond donors (Lipinski definition) is 1. The lowest BCUT2D eigenvalue weighted by molar-refractivity contribution is 0.102. The first-order chi connectivity index (χ1) is 16.8. The largest absolute Gasteiger partial charge is 0.310 e. The van der Waals surface area contributed by atoms with Crippen molar-refractivity contribution in [2.24, 2.45) is 0 Å². The highest BCUT2D eigenvalue weighted by atomic mass is 32.2. The second-order valence-electron chi connectivity index (χ2n) is 9.68. The number of fused-ring (bicyclic) bond motifs is 2. The van der Waals surface area contributed by atoms with E-state index in [1.54, 1.807) is 4.68 Å². The molecule has 0 bridgehead atoms. The molecule has 1 aliphatic carbocycles. The number of benzene rings is 1. The predicted molar refractivity (Wildman–Crippen MR) is 135 cm³/mol. The van der Waals surface area contributed by atoms with Gasteiger partial charge in [-0.3, -0.25) is 10.1 Å². The van der Waals surface area contributed by atoms with E-state index in [4.69, 9.17) is 4.98 Å². The minimum Gasteiger partial charge on any atom is -0.310 e. The fourth-order valence-electron chi connectivity index (χ4n) is 5.11. The Morgan fingerprint density at radius 3 is 2.69 bits per heavy atom. The molecule has 10 heteroatoms. The molecule has 35 heavy (non-hydrogen) atoms. The summed E-state index contributed by atoms with van der Waals surface area (Å²) in [6.45, 7) is 4.68. The summed E-state index contributed by atoms with van der Waals surface area (Å²) in [5.74, 6) is 0.797. The van der Waals surface area contributed by atoms with Crippen LogP contribution in [0.2, 0.25) is 0 Å². The summed E-state index contributed by atoms with van der Waals surface area (Å²) >= 11 is 0. The number of anilines is 1. The molecule has 1 amide bonds. The molecule has 4 aromatic rings. The van der Waals surface area contributed by atoms with Gasteiger partial charge >= 0.3 is 0 Å². The lowest BCUT2D eigenvalue weighted by Crippen LogP contribution is -2.18. The normalized spacial score (nSPS) is 19.5. The summed E-state index contributed by atoms with van der Waals surface area (Å²) in [5, 5.41) is 8.41. The van der Waals surface area contributed by atoms with Gasteiger partial charge in [0.15, 0.2) is 15.5 Å². The lowest BCUT2D eigenvalue weighted by Gasteiger charge is -2.12. The van der Waals surface area contributed by atoms with Gasteiger partial charge in [0.2, 0.25) is 5.95 Å². The van der Waals surface area contributed by atoms with Crippen LogP contribution in [-0.4, -0.2) is 50.1 Å². The van der Waals surface area contributed by atoms with Crippen LogP contribution in [0.25, 0.3) is 22.1 Å². The number of nitrogens with zero attached hydrogens (tertiary/aromatic N) is 5. The van der Waals surface area contributed by atoms with Crippen molar-refractivity contribution >= 4 is 43.8 Å². The van der Waals surface area contributed by atoms with E-state index in [0.29, 0.717) is 40.6 Å². The van der Waals surface area contributed by atoms with Gasteiger partial charge in [-0.15, -0.1) is 0 Å². The molecule has 0 radical (unpaired) electrons. The number of sulfone groups is 1. The molecule has 2 fully saturated rings. The number of imidazole rings is 1. The summed E-state index contributed by atoms with van der Waals surface area (Å²) in [7, 11) is -3.09. The van der Waals surface area contributed by atoms with Gasteiger partial charge in [-0.25, -0.2) is 23.1 Å². The van der Waals surface area contributed by atoms with Gasteiger partial charge in [-0.2, -0.15) is 5.10 Å². The number of carbonyl (C=O) groups is 1. The summed E-state index contributed by atoms with van der Waals surface area (Å²) in [6, 6.07) is 9.48. The molecule has 1 unspecified atom stereocenters. The Labute approximate surface area is 203 Å². The Morgan fingerprint density at radius 2 is 1.97 bits per heavy atom.